The molecule has 0 aliphatic rings. The average molecular weight is 454 g/mol. The van der Waals surface area contributed by atoms with Crippen LogP contribution in [0.25, 0.3) is 0 Å². The Balaban J connectivity index is 2.21. The first kappa shape index (κ1) is 25.6. The van der Waals surface area contributed by atoms with E-state index in [2.05, 4.69) is 86.0 Å². The fraction of sp³-hybridized carbons (Fsp3) is 0.440. The second kappa shape index (κ2) is 12.4. The van der Waals surface area contributed by atoms with E-state index in [9.17, 15) is 10.1 Å². The summed E-state index contributed by atoms with van der Waals surface area (Å²) in [6, 6.07) is 23.1. The predicted octanol–water partition coefficient (Wildman–Crippen LogP) is 3.18. The van der Waals surface area contributed by atoms with Crippen LogP contribution in [0.15, 0.2) is 60.7 Å². The maximum absolute atomic E-state index is 11.2. The Morgan fingerprint density at radius 3 is 2.09 bits per heavy atom. The van der Waals surface area contributed by atoms with Gasteiger partial charge in [-0.2, -0.15) is 5.26 Å². The van der Waals surface area contributed by atoms with Gasteiger partial charge in [0.15, 0.2) is 0 Å². The second-order valence-corrected chi connectivity index (χ2v) is 13.0. The number of nitrogens with one attached hydrogen (secondary N) is 2. The highest BCUT2D eigenvalue weighted by molar-refractivity contribution is 6.99. The zero-order valence-corrected chi connectivity index (χ0v) is 20.6. The molecule has 1 atom stereocenters. The van der Waals surface area contributed by atoms with E-state index in [1.165, 1.54) is 17.4 Å². The lowest BCUT2D eigenvalue weighted by atomic mass is 10.2. The van der Waals surface area contributed by atoms with E-state index in [4.69, 9.17) is 9.16 Å². The van der Waals surface area contributed by atoms with Gasteiger partial charge in [0, 0.05) is 13.1 Å². The van der Waals surface area contributed by atoms with Crippen molar-refractivity contribution in [3.8, 4) is 6.07 Å². The Morgan fingerprint density at radius 2 is 1.62 bits per heavy atom. The number of nitriles is 1. The van der Waals surface area contributed by atoms with E-state index in [1.54, 1.807) is 0 Å². The molecule has 2 aromatic rings. The van der Waals surface area contributed by atoms with Crippen molar-refractivity contribution in [2.75, 3.05) is 26.8 Å². The van der Waals surface area contributed by atoms with Crippen LogP contribution >= 0.6 is 0 Å². The molecule has 0 spiro atoms. The van der Waals surface area contributed by atoms with Crippen LogP contribution in [0.1, 0.15) is 33.6 Å². The van der Waals surface area contributed by atoms with Crippen molar-refractivity contribution in [2.45, 2.75) is 44.7 Å². The van der Waals surface area contributed by atoms with Crippen molar-refractivity contribution in [3.63, 3.8) is 0 Å². The summed E-state index contributed by atoms with van der Waals surface area (Å²) in [5.74, 6) is 0. The molecule has 0 heterocycles. The van der Waals surface area contributed by atoms with Gasteiger partial charge in [-0.25, -0.2) is 4.79 Å². The van der Waals surface area contributed by atoms with Gasteiger partial charge in [-0.1, -0.05) is 81.4 Å². The minimum absolute atomic E-state index is 0.110. The highest BCUT2D eigenvalue weighted by atomic mass is 28.4. The van der Waals surface area contributed by atoms with Crippen molar-refractivity contribution in [3.05, 3.63) is 60.7 Å². The summed E-state index contributed by atoms with van der Waals surface area (Å²) in [5, 5.41) is 17.5. The van der Waals surface area contributed by atoms with E-state index >= 15 is 0 Å². The maximum atomic E-state index is 11.2. The monoisotopic (exact) mass is 453 g/mol. The maximum Gasteiger partial charge on any atom is 0.406 e. The minimum atomic E-state index is -2.64. The van der Waals surface area contributed by atoms with E-state index in [0.717, 1.165) is 0 Å². The number of rotatable bonds is 11. The molecule has 0 saturated heterocycles. The number of hydrogen-bond donors (Lipinski definition) is 2. The topological polar surface area (TPSA) is 83.4 Å². The summed E-state index contributed by atoms with van der Waals surface area (Å²) < 4.78 is 12.0. The summed E-state index contributed by atoms with van der Waals surface area (Å²) >= 11 is 0. The molecule has 32 heavy (non-hydrogen) atoms. The molecule has 0 bridgehead atoms. The molecule has 0 aromatic heterocycles. The van der Waals surface area contributed by atoms with Gasteiger partial charge in [0.25, 0.3) is 8.32 Å². The fourth-order valence-electron chi connectivity index (χ4n) is 3.90. The van der Waals surface area contributed by atoms with Gasteiger partial charge in [-0.15, -0.1) is 0 Å². The lowest BCUT2D eigenvalue weighted by Crippen LogP contribution is -2.67. The molecule has 0 radical (unpaired) electrons. The van der Waals surface area contributed by atoms with Gasteiger partial charge < -0.3 is 19.8 Å². The molecule has 2 aromatic carbocycles. The minimum Gasteiger partial charge on any atom is -0.450 e. The van der Waals surface area contributed by atoms with Gasteiger partial charge in [0.1, 0.15) is 0 Å². The molecule has 7 heteroatoms. The molecular weight excluding hydrogens is 418 g/mol. The van der Waals surface area contributed by atoms with E-state index in [-0.39, 0.29) is 11.1 Å². The SMILES string of the molecule is CNC(=O)OCCCNC(CC#N)CO[Si](c1ccccc1)(c1ccccc1)C(C)(C)C. The Bertz CT molecular complexity index is 824. The summed E-state index contributed by atoms with van der Waals surface area (Å²) in [6.45, 7) is 8.10. The quantitative estimate of drug-likeness (QED) is 0.403. The van der Waals surface area contributed by atoms with Crippen LogP contribution < -0.4 is 21.0 Å². The average Bonchev–Trinajstić information content (AvgIpc) is 2.79. The third-order valence-corrected chi connectivity index (χ3v) is 10.5. The fourth-order valence-corrected chi connectivity index (χ4v) is 8.51. The van der Waals surface area contributed by atoms with Gasteiger partial charge in [0.2, 0.25) is 0 Å². The Labute approximate surface area is 193 Å². The van der Waals surface area contributed by atoms with Crippen LogP contribution in [0.5, 0.6) is 0 Å². The second-order valence-electron chi connectivity index (χ2n) is 8.73. The number of amides is 1. The van der Waals surface area contributed by atoms with Crippen molar-refractivity contribution in [2.24, 2.45) is 0 Å². The van der Waals surface area contributed by atoms with Crippen LogP contribution in [-0.2, 0) is 9.16 Å². The van der Waals surface area contributed by atoms with Crippen molar-refractivity contribution >= 4 is 24.8 Å². The molecule has 1 unspecified atom stereocenters. The van der Waals surface area contributed by atoms with Crippen molar-refractivity contribution in [1.29, 1.82) is 5.26 Å². The van der Waals surface area contributed by atoms with E-state index in [1.807, 2.05) is 12.1 Å². The zero-order valence-electron chi connectivity index (χ0n) is 19.6. The number of benzene rings is 2. The van der Waals surface area contributed by atoms with Crippen LogP contribution in [0.2, 0.25) is 5.04 Å². The number of carbonyl (C=O) groups excluding carboxylic acids is 1. The number of ether oxygens (including phenoxy) is 1. The first-order valence-corrected chi connectivity index (χ1v) is 13.0. The van der Waals surface area contributed by atoms with Gasteiger partial charge in [-0.3, -0.25) is 0 Å². The molecule has 2 rings (SSSR count). The smallest absolute Gasteiger partial charge is 0.406 e. The summed E-state index contributed by atoms with van der Waals surface area (Å²) in [6.07, 6.45) is 0.567. The summed E-state index contributed by atoms with van der Waals surface area (Å²) in [7, 11) is -1.11. The van der Waals surface area contributed by atoms with Crippen molar-refractivity contribution < 1.29 is 14.0 Å². The van der Waals surface area contributed by atoms with Crippen LogP contribution in [0.4, 0.5) is 4.79 Å². The molecule has 2 N–H and O–H groups in total. The Hall–Kier alpha value is -2.66. The predicted molar refractivity (Wildman–Crippen MR) is 131 cm³/mol. The number of hydrogen-bond acceptors (Lipinski definition) is 5. The molecule has 0 saturated carbocycles. The molecule has 0 aliphatic carbocycles. The van der Waals surface area contributed by atoms with Gasteiger partial charge in [-0.05, 0) is 28.4 Å². The summed E-state index contributed by atoms with van der Waals surface area (Å²) in [4.78, 5) is 11.2. The third-order valence-electron chi connectivity index (χ3n) is 5.45. The Morgan fingerprint density at radius 1 is 1.06 bits per heavy atom. The first-order valence-electron chi connectivity index (χ1n) is 11.0. The van der Waals surface area contributed by atoms with Gasteiger partial charge in [0.05, 0.1) is 25.7 Å². The van der Waals surface area contributed by atoms with Crippen LogP contribution in [0, 0.1) is 11.3 Å². The van der Waals surface area contributed by atoms with Crippen molar-refractivity contribution in [1.82, 2.24) is 10.6 Å². The molecule has 0 fully saturated rings. The standard InChI is InChI=1S/C25H35N3O3Si/c1-25(2,3)32(22-12-7-5-8-13-22,23-14-9-6-10-15-23)31-20-21(16-17-26)28-18-11-19-30-24(29)27-4/h5-10,12-15,21,28H,11,16,18-20H2,1-4H3,(H,27,29). The highest BCUT2D eigenvalue weighted by Gasteiger charge is 2.50. The Kier molecular flexibility index (Phi) is 9.91. The van der Waals surface area contributed by atoms with Crippen LogP contribution in [-0.4, -0.2) is 47.3 Å². The van der Waals surface area contributed by atoms with E-state index < -0.39 is 14.4 Å². The normalized spacial score (nSPS) is 12.6. The molecule has 1 amide bonds. The molecule has 172 valence electrons. The third kappa shape index (κ3) is 6.67. The number of carbonyl (C=O) groups is 1. The molecular formula is C25H35N3O3Si. The summed E-state index contributed by atoms with van der Waals surface area (Å²) in [5.41, 5.74) is 0. The van der Waals surface area contributed by atoms with E-state index in [0.29, 0.717) is 32.6 Å². The van der Waals surface area contributed by atoms with Gasteiger partial charge >= 0.3 is 6.09 Å². The molecule has 0 aliphatic heterocycles. The molecule has 6 nitrogen and oxygen atoms in total. The first-order chi connectivity index (χ1) is 15.3. The lowest BCUT2D eigenvalue weighted by Gasteiger charge is -2.43. The lowest BCUT2D eigenvalue weighted by molar-refractivity contribution is 0.146. The largest absolute Gasteiger partial charge is 0.450 e. The van der Waals surface area contributed by atoms with Crippen LogP contribution in [0.3, 0.4) is 0 Å². The number of nitrogens with zero attached hydrogens (tertiary/aromatic N) is 1. The highest BCUT2D eigenvalue weighted by Crippen LogP contribution is 2.36. The number of alkyl carbamates (subject to hydrolysis) is 1. The zero-order chi connectivity index (χ0) is 23.5.